The minimum Gasteiger partial charge on any atom is -0.396 e. The Bertz CT molecular complexity index is 411. The van der Waals surface area contributed by atoms with E-state index in [0.717, 1.165) is 0 Å². The summed E-state index contributed by atoms with van der Waals surface area (Å²) >= 11 is 0. The normalized spacial score (nSPS) is 11.9. The lowest BCUT2D eigenvalue weighted by molar-refractivity contribution is -0.384. The molecule has 18 heavy (non-hydrogen) atoms. The summed E-state index contributed by atoms with van der Waals surface area (Å²) in [4.78, 5) is 14.6. The minimum absolute atomic E-state index is 0.0227. The number of nitrogens with one attached hydrogen (secondary N) is 2. The number of hydrogen-bond donors (Lipinski definition) is 3. The summed E-state index contributed by atoms with van der Waals surface area (Å²) in [7, 11) is 0. The van der Waals surface area contributed by atoms with Gasteiger partial charge in [-0.3, -0.25) is 10.1 Å². The summed E-state index contributed by atoms with van der Waals surface area (Å²) in [5.41, 5.74) is -0.0681. The molecule has 0 aliphatic rings. The first-order chi connectivity index (χ1) is 8.58. The van der Waals surface area contributed by atoms with E-state index in [1.54, 1.807) is 6.07 Å². The molecule has 1 unspecified atom stereocenters. The molecular weight excluding hydrogens is 236 g/mol. The van der Waals surface area contributed by atoms with E-state index in [1.165, 1.54) is 6.07 Å². The highest BCUT2D eigenvalue weighted by Crippen LogP contribution is 2.24. The van der Waals surface area contributed by atoms with E-state index in [1.807, 2.05) is 13.8 Å². The number of nitro groups is 1. The van der Waals surface area contributed by atoms with Gasteiger partial charge in [0.2, 0.25) is 5.82 Å². The first-order valence-electron chi connectivity index (χ1n) is 5.85. The fourth-order valence-electron chi connectivity index (χ4n) is 1.48. The van der Waals surface area contributed by atoms with Crippen molar-refractivity contribution in [1.29, 1.82) is 0 Å². The van der Waals surface area contributed by atoms with Gasteiger partial charge < -0.3 is 15.7 Å². The Balaban J connectivity index is 2.95. The third kappa shape index (κ3) is 3.85. The average molecular weight is 254 g/mol. The topological polar surface area (TPSA) is 100 Å². The second-order valence-electron chi connectivity index (χ2n) is 3.91. The molecule has 0 fully saturated rings. The van der Waals surface area contributed by atoms with Crippen molar-refractivity contribution < 1.29 is 10.0 Å². The van der Waals surface area contributed by atoms with Gasteiger partial charge in [0.05, 0.1) is 4.92 Å². The standard InChI is InChI=1S/C11H18N4O3/c1-3-12-10-5-4-9(15(17)18)11(14-10)13-8(2)6-7-16/h4-5,8,16H,3,6-7H2,1-2H3,(H2,12,13,14). The number of rotatable bonds is 7. The van der Waals surface area contributed by atoms with Crippen LogP contribution in [-0.4, -0.2) is 34.2 Å². The molecule has 1 aromatic heterocycles. The largest absolute Gasteiger partial charge is 0.396 e. The quantitative estimate of drug-likeness (QED) is 0.505. The maximum Gasteiger partial charge on any atom is 0.311 e. The zero-order valence-corrected chi connectivity index (χ0v) is 10.5. The molecule has 1 aromatic rings. The lowest BCUT2D eigenvalue weighted by Gasteiger charge is -2.14. The predicted molar refractivity (Wildman–Crippen MR) is 69.8 cm³/mol. The van der Waals surface area contributed by atoms with Crippen LogP contribution in [0.4, 0.5) is 17.3 Å². The molecule has 100 valence electrons. The summed E-state index contributed by atoms with van der Waals surface area (Å²) in [6.45, 7) is 4.47. The van der Waals surface area contributed by atoms with E-state index in [9.17, 15) is 10.1 Å². The molecule has 0 spiro atoms. The van der Waals surface area contributed by atoms with E-state index >= 15 is 0 Å². The number of hydrogen-bond acceptors (Lipinski definition) is 6. The van der Waals surface area contributed by atoms with Crippen LogP contribution in [0, 0.1) is 10.1 Å². The molecule has 1 atom stereocenters. The Kier molecular flexibility index (Phi) is 5.31. The maximum absolute atomic E-state index is 10.9. The Morgan fingerprint density at radius 1 is 1.56 bits per heavy atom. The monoisotopic (exact) mass is 254 g/mol. The summed E-state index contributed by atoms with van der Waals surface area (Å²) in [6.07, 6.45) is 0.504. The summed E-state index contributed by atoms with van der Waals surface area (Å²) < 4.78 is 0. The molecule has 3 N–H and O–H groups in total. The van der Waals surface area contributed by atoms with Crippen molar-refractivity contribution in [2.24, 2.45) is 0 Å². The Labute approximate surface area is 105 Å². The molecule has 0 aromatic carbocycles. The van der Waals surface area contributed by atoms with Gasteiger partial charge >= 0.3 is 5.69 Å². The first-order valence-corrected chi connectivity index (χ1v) is 5.85. The Morgan fingerprint density at radius 2 is 2.28 bits per heavy atom. The number of anilines is 2. The molecule has 0 saturated carbocycles. The SMILES string of the molecule is CCNc1ccc([N+](=O)[O-])c(NC(C)CCO)n1. The first kappa shape index (κ1) is 14.2. The van der Waals surface area contributed by atoms with Gasteiger partial charge in [-0.2, -0.15) is 0 Å². The van der Waals surface area contributed by atoms with Crippen LogP contribution in [-0.2, 0) is 0 Å². The van der Waals surface area contributed by atoms with Crippen LogP contribution >= 0.6 is 0 Å². The van der Waals surface area contributed by atoms with E-state index in [0.29, 0.717) is 18.8 Å². The second kappa shape index (κ2) is 6.75. The molecule has 0 amide bonds. The van der Waals surface area contributed by atoms with E-state index in [4.69, 9.17) is 5.11 Å². The molecule has 7 nitrogen and oxygen atoms in total. The smallest absolute Gasteiger partial charge is 0.311 e. The molecule has 7 heteroatoms. The van der Waals surface area contributed by atoms with E-state index in [-0.39, 0.29) is 24.2 Å². The number of aliphatic hydroxyl groups excluding tert-OH is 1. The van der Waals surface area contributed by atoms with Gasteiger partial charge in [0.1, 0.15) is 5.82 Å². The van der Waals surface area contributed by atoms with E-state index < -0.39 is 4.92 Å². The zero-order valence-electron chi connectivity index (χ0n) is 10.5. The highest BCUT2D eigenvalue weighted by molar-refractivity contribution is 5.60. The van der Waals surface area contributed by atoms with Crippen molar-refractivity contribution in [2.75, 3.05) is 23.8 Å². The third-order valence-corrected chi connectivity index (χ3v) is 2.37. The summed E-state index contributed by atoms with van der Waals surface area (Å²) in [6, 6.07) is 2.90. The van der Waals surface area contributed by atoms with Gasteiger partial charge in [0.25, 0.3) is 0 Å². The molecule has 0 bridgehead atoms. The van der Waals surface area contributed by atoms with Crippen LogP contribution in [0.2, 0.25) is 0 Å². The maximum atomic E-state index is 10.9. The van der Waals surface area contributed by atoms with E-state index in [2.05, 4.69) is 15.6 Å². The van der Waals surface area contributed by atoms with Gasteiger partial charge in [-0.15, -0.1) is 0 Å². The molecule has 1 rings (SSSR count). The van der Waals surface area contributed by atoms with Crippen LogP contribution in [0.3, 0.4) is 0 Å². The fraction of sp³-hybridized carbons (Fsp3) is 0.545. The van der Waals surface area contributed by atoms with Gasteiger partial charge in [-0.1, -0.05) is 0 Å². The number of aliphatic hydroxyl groups is 1. The highest BCUT2D eigenvalue weighted by Gasteiger charge is 2.17. The van der Waals surface area contributed by atoms with Gasteiger partial charge in [0, 0.05) is 25.3 Å². The fourth-order valence-corrected chi connectivity index (χ4v) is 1.48. The summed E-state index contributed by atoms with van der Waals surface area (Å²) in [5.74, 6) is 0.807. The van der Waals surface area contributed by atoms with Gasteiger partial charge in [-0.25, -0.2) is 4.98 Å². The van der Waals surface area contributed by atoms with Crippen molar-refractivity contribution in [2.45, 2.75) is 26.3 Å². The van der Waals surface area contributed by atoms with Crippen molar-refractivity contribution in [3.63, 3.8) is 0 Å². The zero-order chi connectivity index (χ0) is 13.5. The third-order valence-electron chi connectivity index (χ3n) is 2.37. The molecule has 0 saturated heterocycles. The lowest BCUT2D eigenvalue weighted by atomic mass is 10.2. The predicted octanol–water partition coefficient (Wildman–Crippen LogP) is 1.60. The second-order valence-corrected chi connectivity index (χ2v) is 3.91. The van der Waals surface area contributed by atoms with Crippen molar-refractivity contribution >= 4 is 17.3 Å². The van der Waals surface area contributed by atoms with Crippen LogP contribution in [0.15, 0.2) is 12.1 Å². The van der Waals surface area contributed by atoms with Crippen molar-refractivity contribution in [1.82, 2.24) is 4.98 Å². The highest BCUT2D eigenvalue weighted by atomic mass is 16.6. The lowest BCUT2D eigenvalue weighted by Crippen LogP contribution is -2.18. The molecular formula is C11H18N4O3. The number of aromatic nitrogens is 1. The van der Waals surface area contributed by atoms with Crippen LogP contribution < -0.4 is 10.6 Å². The molecule has 0 aliphatic carbocycles. The summed E-state index contributed by atoms with van der Waals surface area (Å²) in [5, 5.41) is 25.6. The minimum atomic E-state index is -0.475. The number of pyridine rings is 1. The van der Waals surface area contributed by atoms with Crippen molar-refractivity contribution in [3.8, 4) is 0 Å². The number of nitrogens with zero attached hydrogens (tertiary/aromatic N) is 2. The average Bonchev–Trinajstić information content (AvgIpc) is 2.29. The van der Waals surface area contributed by atoms with Crippen LogP contribution in [0.1, 0.15) is 20.3 Å². The van der Waals surface area contributed by atoms with Crippen molar-refractivity contribution in [3.05, 3.63) is 22.2 Å². The molecule has 0 radical (unpaired) electrons. The molecule has 0 aliphatic heterocycles. The van der Waals surface area contributed by atoms with Crippen LogP contribution in [0.25, 0.3) is 0 Å². The Hall–Kier alpha value is -1.89. The van der Waals surface area contributed by atoms with Gasteiger partial charge in [0.15, 0.2) is 0 Å². The van der Waals surface area contributed by atoms with Crippen LogP contribution in [0.5, 0.6) is 0 Å². The molecule has 1 heterocycles. The Morgan fingerprint density at radius 3 is 2.83 bits per heavy atom. The van der Waals surface area contributed by atoms with Gasteiger partial charge in [-0.05, 0) is 26.3 Å².